The lowest BCUT2D eigenvalue weighted by Gasteiger charge is -2.09. The summed E-state index contributed by atoms with van der Waals surface area (Å²) in [7, 11) is 0. The topological polar surface area (TPSA) is 92.0 Å². The van der Waals surface area contributed by atoms with E-state index in [1.807, 2.05) is 0 Å². The van der Waals surface area contributed by atoms with Crippen molar-refractivity contribution in [2.75, 3.05) is 0 Å². The zero-order valence-electron chi connectivity index (χ0n) is 10.0. The fourth-order valence-corrected chi connectivity index (χ4v) is 1.73. The number of aromatic nitrogens is 2. The molecule has 2 N–H and O–H groups in total. The average Bonchev–Trinajstić information content (AvgIpc) is 2.37. The maximum absolute atomic E-state index is 11.9. The third kappa shape index (κ3) is 2.68. The first-order valence-electron chi connectivity index (χ1n) is 5.63. The van der Waals surface area contributed by atoms with Gasteiger partial charge in [-0.15, -0.1) is 0 Å². The third-order valence-corrected chi connectivity index (χ3v) is 2.94. The first-order chi connectivity index (χ1) is 9.02. The third-order valence-electron chi connectivity index (χ3n) is 2.54. The van der Waals surface area contributed by atoms with Crippen LogP contribution in [0.1, 0.15) is 23.7 Å². The number of halogens is 1. The molecule has 0 aliphatic carbocycles. The van der Waals surface area contributed by atoms with E-state index in [1.165, 1.54) is 12.1 Å². The smallest absolute Gasteiger partial charge is 0.340 e. The molecule has 100 valence electrons. The van der Waals surface area contributed by atoms with Gasteiger partial charge in [-0.25, -0.2) is 9.59 Å². The first-order valence-corrected chi connectivity index (χ1v) is 6.07. The van der Waals surface area contributed by atoms with Crippen LogP contribution in [0, 0.1) is 0 Å². The second kappa shape index (κ2) is 5.27. The van der Waals surface area contributed by atoms with Gasteiger partial charge in [0.15, 0.2) is 5.56 Å². The molecule has 19 heavy (non-hydrogen) atoms. The SMILES string of the molecule is CCC(Cl)OC(=O)c1cccc2[nH]c(=O)[nH]c(=O)c12. The number of carbonyl (C=O) groups excluding carboxylic acids is 1. The lowest BCUT2D eigenvalue weighted by Crippen LogP contribution is -2.24. The van der Waals surface area contributed by atoms with Gasteiger partial charge >= 0.3 is 11.7 Å². The zero-order valence-corrected chi connectivity index (χ0v) is 10.8. The molecule has 0 aliphatic heterocycles. The molecular weight excluding hydrogens is 272 g/mol. The van der Waals surface area contributed by atoms with Gasteiger partial charge in [0, 0.05) is 0 Å². The van der Waals surface area contributed by atoms with Crippen molar-refractivity contribution < 1.29 is 9.53 Å². The molecule has 0 spiro atoms. The van der Waals surface area contributed by atoms with Gasteiger partial charge in [0.1, 0.15) is 0 Å². The quantitative estimate of drug-likeness (QED) is 0.656. The fraction of sp³-hybridized carbons (Fsp3) is 0.250. The van der Waals surface area contributed by atoms with Crippen molar-refractivity contribution in [1.82, 2.24) is 9.97 Å². The minimum atomic E-state index is -0.760. The number of aromatic amines is 2. The number of nitrogens with one attached hydrogen (secondary N) is 2. The van der Waals surface area contributed by atoms with Gasteiger partial charge in [0.2, 0.25) is 0 Å². The predicted octanol–water partition coefficient (Wildman–Crippen LogP) is 1.35. The van der Waals surface area contributed by atoms with Crippen molar-refractivity contribution in [3.63, 3.8) is 0 Å². The van der Waals surface area contributed by atoms with Crippen LogP contribution in [0.2, 0.25) is 0 Å². The molecule has 1 aromatic heterocycles. The average molecular weight is 283 g/mol. The number of benzene rings is 1. The monoisotopic (exact) mass is 282 g/mol. The lowest BCUT2D eigenvalue weighted by atomic mass is 10.1. The number of fused-ring (bicyclic) bond motifs is 1. The van der Waals surface area contributed by atoms with Crippen molar-refractivity contribution in [2.45, 2.75) is 18.9 Å². The Morgan fingerprint density at radius 1 is 1.37 bits per heavy atom. The predicted molar refractivity (Wildman–Crippen MR) is 70.5 cm³/mol. The Morgan fingerprint density at radius 2 is 2.11 bits per heavy atom. The summed E-state index contributed by atoms with van der Waals surface area (Å²) in [5.74, 6) is -0.704. The maximum Gasteiger partial charge on any atom is 0.340 e. The molecule has 0 fully saturated rings. The van der Waals surface area contributed by atoms with Crippen LogP contribution in [0.4, 0.5) is 0 Å². The highest BCUT2D eigenvalue weighted by atomic mass is 35.5. The molecule has 1 atom stereocenters. The van der Waals surface area contributed by atoms with Gasteiger partial charge in [0.05, 0.1) is 16.5 Å². The number of carbonyl (C=O) groups is 1. The Hall–Kier alpha value is -2.08. The van der Waals surface area contributed by atoms with Crippen LogP contribution in [0.3, 0.4) is 0 Å². The molecule has 1 heterocycles. The highest BCUT2D eigenvalue weighted by Gasteiger charge is 2.17. The van der Waals surface area contributed by atoms with Gasteiger partial charge < -0.3 is 9.72 Å². The van der Waals surface area contributed by atoms with E-state index in [1.54, 1.807) is 13.0 Å². The molecule has 7 heteroatoms. The van der Waals surface area contributed by atoms with Crippen LogP contribution in [-0.2, 0) is 4.74 Å². The van der Waals surface area contributed by atoms with E-state index in [-0.39, 0.29) is 16.5 Å². The normalized spacial score (nSPS) is 12.3. The van der Waals surface area contributed by atoms with Gasteiger partial charge in [-0.2, -0.15) is 0 Å². The molecule has 2 aromatic rings. The maximum atomic E-state index is 11.9. The van der Waals surface area contributed by atoms with Gasteiger partial charge in [0.25, 0.3) is 5.56 Å². The number of alkyl halides is 1. The Labute approximate surface area is 112 Å². The molecular formula is C12H11ClN2O4. The van der Waals surface area contributed by atoms with Gasteiger partial charge in [-0.3, -0.25) is 9.78 Å². The van der Waals surface area contributed by atoms with E-state index in [4.69, 9.17) is 16.3 Å². The summed E-state index contributed by atoms with van der Waals surface area (Å²) in [5, 5.41) is 0.0760. The Bertz CT molecular complexity index is 734. The summed E-state index contributed by atoms with van der Waals surface area (Å²) in [4.78, 5) is 39.3. The zero-order chi connectivity index (χ0) is 14.0. The number of hydrogen-bond acceptors (Lipinski definition) is 4. The van der Waals surface area contributed by atoms with Crippen LogP contribution in [0.15, 0.2) is 27.8 Å². The van der Waals surface area contributed by atoms with E-state index in [9.17, 15) is 14.4 Å². The van der Waals surface area contributed by atoms with E-state index >= 15 is 0 Å². The Kier molecular flexibility index (Phi) is 3.71. The van der Waals surface area contributed by atoms with Crippen molar-refractivity contribution in [2.24, 2.45) is 0 Å². The molecule has 6 nitrogen and oxygen atoms in total. The molecule has 0 aliphatic rings. The van der Waals surface area contributed by atoms with E-state index < -0.39 is 22.8 Å². The number of rotatable bonds is 3. The minimum absolute atomic E-state index is 0.0640. The van der Waals surface area contributed by atoms with E-state index in [0.29, 0.717) is 6.42 Å². The summed E-state index contributed by atoms with van der Waals surface area (Å²) in [5.41, 5.74) is -1.70. The van der Waals surface area contributed by atoms with Gasteiger partial charge in [-0.05, 0) is 18.6 Å². The summed E-state index contributed by atoms with van der Waals surface area (Å²) < 4.78 is 4.96. The largest absolute Gasteiger partial charge is 0.442 e. The van der Waals surface area contributed by atoms with Crippen molar-refractivity contribution in [3.8, 4) is 0 Å². The molecule has 0 saturated heterocycles. The lowest BCUT2D eigenvalue weighted by molar-refractivity contribution is 0.0445. The summed E-state index contributed by atoms with van der Waals surface area (Å²) in [6.45, 7) is 1.76. The summed E-state index contributed by atoms with van der Waals surface area (Å²) in [6, 6.07) is 4.52. The highest BCUT2D eigenvalue weighted by molar-refractivity contribution is 6.20. The molecule has 1 unspecified atom stereocenters. The molecule has 0 radical (unpaired) electrons. The van der Waals surface area contributed by atoms with Crippen LogP contribution < -0.4 is 11.2 Å². The van der Waals surface area contributed by atoms with Crippen LogP contribution in [0.25, 0.3) is 10.9 Å². The number of H-pyrrole nitrogens is 2. The summed E-state index contributed by atoms with van der Waals surface area (Å²) >= 11 is 5.74. The molecule has 0 amide bonds. The van der Waals surface area contributed by atoms with Crippen LogP contribution in [0.5, 0.6) is 0 Å². The molecule has 0 bridgehead atoms. The molecule has 0 saturated carbocycles. The minimum Gasteiger partial charge on any atom is -0.442 e. The second-order valence-electron chi connectivity index (χ2n) is 3.86. The summed E-state index contributed by atoms with van der Waals surface area (Å²) in [6.07, 6.45) is 0.450. The number of hydrogen-bond donors (Lipinski definition) is 2. The van der Waals surface area contributed by atoms with E-state index in [0.717, 1.165) is 0 Å². The molecule has 1 aromatic carbocycles. The van der Waals surface area contributed by atoms with Crippen LogP contribution >= 0.6 is 11.6 Å². The fourth-order valence-electron chi connectivity index (χ4n) is 1.65. The van der Waals surface area contributed by atoms with Gasteiger partial charge in [-0.1, -0.05) is 24.6 Å². The number of esters is 1. The second-order valence-corrected chi connectivity index (χ2v) is 4.35. The van der Waals surface area contributed by atoms with E-state index in [2.05, 4.69) is 9.97 Å². The first kappa shape index (κ1) is 13.4. The highest BCUT2D eigenvalue weighted by Crippen LogP contribution is 2.15. The number of ether oxygens (including phenoxy) is 1. The van der Waals surface area contributed by atoms with Crippen molar-refractivity contribution in [1.29, 1.82) is 0 Å². The molecule has 2 rings (SSSR count). The Balaban J connectivity index is 2.59. The van der Waals surface area contributed by atoms with Crippen molar-refractivity contribution >= 4 is 28.5 Å². The standard InChI is InChI=1S/C12H11ClN2O4/c1-2-8(13)19-11(17)6-4-3-5-7-9(6)10(16)15-12(18)14-7/h3-5,8H,2H2,1H3,(H2,14,15,16,18). The van der Waals surface area contributed by atoms with Crippen LogP contribution in [-0.4, -0.2) is 21.5 Å². The Morgan fingerprint density at radius 3 is 2.79 bits per heavy atom. The van der Waals surface area contributed by atoms with Crippen molar-refractivity contribution in [3.05, 3.63) is 44.6 Å².